The van der Waals surface area contributed by atoms with E-state index in [1.807, 2.05) is 121 Å². The fourth-order valence-corrected chi connectivity index (χ4v) is 3.96. The summed E-state index contributed by atoms with van der Waals surface area (Å²) in [7, 11) is 0. The highest BCUT2D eigenvalue weighted by molar-refractivity contribution is 6.01. The SMILES string of the molecule is O=C(CCCCC(=O)N(c1ccccc1)c1ccccc1)N(c1ccccc1)c1ccccc1. The molecule has 0 radical (unpaired) electrons. The molecular weight excluding hydrogens is 420 g/mol. The minimum Gasteiger partial charge on any atom is -0.281 e. The molecule has 0 fully saturated rings. The van der Waals surface area contributed by atoms with Crippen LogP contribution in [0.15, 0.2) is 121 Å². The summed E-state index contributed by atoms with van der Waals surface area (Å²) < 4.78 is 0. The second kappa shape index (κ2) is 11.6. The van der Waals surface area contributed by atoms with Gasteiger partial charge in [0.25, 0.3) is 0 Å². The number of anilines is 4. The average Bonchev–Trinajstić information content (AvgIpc) is 2.89. The van der Waals surface area contributed by atoms with Crippen LogP contribution >= 0.6 is 0 Å². The molecular formula is C30H28N2O2. The Bertz CT molecular complexity index is 1000. The van der Waals surface area contributed by atoms with Crippen molar-refractivity contribution in [2.75, 3.05) is 9.80 Å². The Morgan fingerprint density at radius 1 is 0.412 bits per heavy atom. The van der Waals surface area contributed by atoms with Crippen molar-refractivity contribution in [2.45, 2.75) is 25.7 Å². The number of benzene rings is 4. The lowest BCUT2D eigenvalue weighted by atomic mass is 10.1. The van der Waals surface area contributed by atoms with E-state index in [1.54, 1.807) is 9.80 Å². The standard InChI is InChI=1S/C30H28N2O2/c33-29(31(25-15-5-1-6-16-25)26-17-7-2-8-18-26)23-13-14-24-30(34)32(27-19-9-3-10-20-27)28-21-11-4-12-22-28/h1-12,15-22H,13-14,23-24H2. The Hall–Kier alpha value is -4.18. The Labute approximate surface area is 201 Å². The largest absolute Gasteiger partial charge is 0.281 e. The second-order valence-electron chi connectivity index (χ2n) is 8.01. The fraction of sp³-hybridized carbons (Fsp3) is 0.133. The van der Waals surface area contributed by atoms with Crippen LogP contribution in [0.5, 0.6) is 0 Å². The van der Waals surface area contributed by atoms with E-state index in [2.05, 4.69) is 0 Å². The zero-order chi connectivity index (χ0) is 23.6. The van der Waals surface area contributed by atoms with Gasteiger partial charge in [-0.2, -0.15) is 0 Å². The van der Waals surface area contributed by atoms with Gasteiger partial charge in [-0.05, 0) is 61.4 Å². The van der Waals surface area contributed by atoms with E-state index in [0.29, 0.717) is 25.7 Å². The molecule has 4 heteroatoms. The molecule has 4 aromatic rings. The van der Waals surface area contributed by atoms with E-state index in [4.69, 9.17) is 0 Å². The summed E-state index contributed by atoms with van der Waals surface area (Å²) in [5.41, 5.74) is 3.37. The molecule has 0 N–H and O–H groups in total. The van der Waals surface area contributed by atoms with Gasteiger partial charge in [0, 0.05) is 35.6 Å². The van der Waals surface area contributed by atoms with Crippen LogP contribution in [-0.4, -0.2) is 11.8 Å². The van der Waals surface area contributed by atoms with Crippen molar-refractivity contribution in [3.05, 3.63) is 121 Å². The van der Waals surface area contributed by atoms with E-state index in [0.717, 1.165) is 22.7 Å². The molecule has 0 bridgehead atoms. The smallest absolute Gasteiger partial charge is 0.231 e. The summed E-state index contributed by atoms with van der Waals surface area (Å²) in [6, 6.07) is 38.7. The molecule has 0 aliphatic carbocycles. The molecule has 34 heavy (non-hydrogen) atoms. The minimum absolute atomic E-state index is 0.0211. The number of rotatable bonds is 9. The van der Waals surface area contributed by atoms with Gasteiger partial charge in [0.1, 0.15) is 0 Å². The Morgan fingerprint density at radius 2 is 0.647 bits per heavy atom. The molecule has 0 aliphatic rings. The zero-order valence-corrected chi connectivity index (χ0v) is 19.1. The van der Waals surface area contributed by atoms with Crippen molar-refractivity contribution in [2.24, 2.45) is 0 Å². The number of amides is 2. The summed E-state index contributed by atoms with van der Waals surface area (Å²) in [5, 5.41) is 0. The lowest BCUT2D eigenvalue weighted by Crippen LogP contribution is -2.26. The maximum atomic E-state index is 13.2. The van der Waals surface area contributed by atoms with Crippen LogP contribution in [0, 0.1) is 0 Å². The van der Waals surface area contributed by atoms with E-state index in [-0.39, 0.29) is 11.8 Å². The first kappa shape index (κ1) is 23.0. The van der Waals surface area contributed by atoms with Gasteiger partial charge in [0.2, 0.25) is 11.8 Å². The van der Waals surface area contributed by atoms with Crippen molar-refractivity contribution >= 4 is 34.6 Å². The molecule has 170 valence electrons. The first-order valence-electron chi connectivity index (χ1n) is 11.6. The molecule has 0 aromatic heterocycles. The monoisotopic (exact) mass is 448 g/mol. The highest BCUT2D eigenvalue weighted by Crippen LogP contribution is 2.28. The van der Waals surface area contributed by atoms with Gasteiger partial charge in [-0.3, -0.25) is 19.4 Å². The Kier molecular flexibility index (Phi) is 7.86. The number of para-hydroxylation sites is 4. The molecule has 0 spiro atoms. The summed E-state index contributed by atoms with van der Waals surface area (Å²) in [6.45, 7) is 0. The Balaban J connectivity index is 1.40. The lowest BCUT2D eigenvalue weighted by molar-refractivity contribution is -0.119. The summed E-state index contributed by atoms with van der Waals surface area (Å²) in [5.74, 6) is 0.0423. The van der Waals surface area contributed by atoms with Gasteiger partial charge in [-0.15, -0.1) is 0 Å². The van der Waals surface area contributed by atoms with Crippen LogP contribution in [0.2, 0.25) is 0 Å². The third kappa shape index (κ3) is 5.78. The van der Waals surface area contributed by atoms with Gasteiger partial charge >= 0.3 is 0 Å². The zero-order valence-electron chi connectivity index (χ0n) is 19.1. The third-order valence-corrected chi connectivity index (χ3v) is 5.59. The highest BCUT2D eigenvalue weighted by atomic mass is 16.2. The van der Waals surface area contributed by atoms with E-state index < -0.39 is 0 Å². The predicted molar refractivity (Wildman–Crippen MR) is 139 cm³/mol. The second-order valence-corrected chi connectivity index (χ2v) is 8.01. The quantitative estimate of drug-likeness (QED) is 0.253. The lowest BCUT2D eigenvalue weighted by Gasteiger charge is -2.24. The predicted octanol–water partition coefficient (Wildman–Crippen LogP) is 7.28. The molecule has 0 atom stereocenters. The summed E-state index contributed by atoms with van der Waals surface area (Å²) in [4.78, 5) is 29.9. The van der Waals surface area contributed by atoms with Crippen molar-refractivity contribution in [1.82, 2.24) is 0 Å². The highest BCUT2D eigenvalue weighted by Gasteiger charge is 2.19. The third-order valence-electron chi connectivity index (χ3n) is 5.59. The van der Waals surface area contributed by atoms with Crippen LogP contribution in [0.25, 0.3) is 0 Å². The van der Waals surface area contributed by atoms with Crippen molar-refractivity contribution in [3.63, 3.8) is 0 Å². The summed E-state index contributed by atoms with van der Waals surface area (Å²) >= 11 is 0. The minimum atomic E-state index is 0.0211. The van der Waals surface area contributed by atoms with Gasteiger partial charge in [0.05, 0.1) is 0 Å². The van der Waals surface area contributed by atoms with Gasteiger partial charge in [-0.25, -0.2) is 0 Å². The number of hydrogen-bond acceptors (Lipinski definition) is 2. The molecule has 4 rings (SSSR count). The average molecular weight is 449 g/mol. The van der Waals surface area contributed by atoms with E-state index in [1.165, 1.54) is 0 Å². The molecule has 0 heterocycles. The van der Waals surface area contributed by atoms with Crippen LogP contribution < -0.4 is 9.80 Å². The van der Waals surface area contributed by atoms with Crippen LogP contribution in [0.3, 0.4) is 0 Å². The van der Waals surface area contributed by atoms with Crippen LogP contribution in [0.1, 0.15) is 25.7 Å². The Morgan fingerprint density at radius 3 is 0.882 bits per heavy atom. The van der Waals surface area contributed by atoms with Gasteiger partial charge in [0.15, 0.2) is 0 Å². The molecule has 2 amide bonds. The fourth-order valence-electron chi connectivity index (χ4n) is 3.96. The molecule has 0 saturated heterocycles. The normalized spacial score (nSPS) is 10.5. The van der Waals surface area contributed by atoms with Crippen LogP contribution in [0.4, 0.5) is 22.7 Å². The molecule has 0 saturated carbocycles. The van der Waals surface area contributed by atoms with Crippen LogP contribution in [-0.2, 0) is 9.59 Å². The maximum absolute atomic E-state index is 13.2. The number of nitrogens with zero attached hydrogens (tertiary/aromatic N) is 2. The number of unbranched alkanes of at least 4 members (excludes halogenated alkanes) is 1. The first-order chi connectivity index (χ1) is 16.7. The van der Waals surface area contributed by atoms with Crippen molar-refractivity contribution in [3.8, 4) is 0 Å². The molecule has 0 unspecified atom stereocenters. The maximum Gasteiger partial charge on any atom is 0.231 e. The summed E-state index contributed by atoms with van der Waals surface area (Å²) in [6.07, 6.45) is 2.01. The van der Waals surface area contributed by atoms with Crippen molar-refractivity contribution in [1.29, 1.82) is 0 Å². The number of carbonyl (C=O) groups is 2. The topological polar surface area (TPSA) is 40.6 Å². The molecule has 4 aromatic carbocycles. The number of hydrogen-bond donors (Lipinski definition) is 0. The first-order valence-corrected chi connectivity index (χ1v) is 11.6. The molecule has 0 aliphatic heterocycles. The van der Waals surface area contributed by atoms with Crippen molar-refractivity contribution < 1.29 is 9.59 Å². The van der Waals surface area contributed by atoms with E-state index >= 15 is 0 Å². The number of carbonyl (C=O) groups excluding carboxylic acids is 2. The van der Waals surface area contributed by atoms with Gasteiger partial charge in [-0.1, -0.05) is 72.8 Å². The molecule has 4 nitrogen and oxygen atoms in total. The van der Waals surface area contributed by atoms with E-state index in [9.17, 15) is 9.59 Å². The van der Waals surface area contributed by atoms with Gasteiger partial charge < -0.3 is 0 Å².